The second kappa shape index (κ2) is 12.4. The van der Waals surface area contributed by atoms with Crippen LogP contribution in [0.4, 0.5) is 23.0 Å². The maximum atomic E-state index is 14.0. The summed E-state index contributed by atoms with van der Waals surface area (Å²) in [6, 6.07) is 13.5. The number of amides is 1. The number of anilines is 1. The highest BCUT2D eigenvalue weighted by Gasteiger charge is 2.32. The maximum Gasteiger partial charge on any atom is 0.573 e. The van der Waals surface area contributed by atoms with Crippen LogP contribution in [0, 0.1) is 6.92 Å². The Balaban J connectivity index is 0.00000420. The molecule has 0 spiro atoms. The molecule has 0 saturated carbocycles. The fraction of sp³-hybridized carbons (Fsp3) is 0.423. The van der Waals surface area contributed by atoms with Crippen molar-refractivity contribution in [2.75, 3.05) is 30.5 Å². The van der Waals surface area contributed by atoms with Gasteiger partial charge in [0.25, 0.3) is 0 Å². The zero-order valence-electron chi connectivity index (χ0n) is 22.1. The molecule has 0 aliphatic carbocycles. The Morgan fingerprint density at radius 3 is 2.21 bits per heavy atom. The number of thiophene rings is 1. The summed E-state index contributed by atoms with van der Waals surface area (Å²) in [6.45, 7) is 9.09. The van der Waals surface area contributed by atoms with E-state index in [4.69, 9.17) is 4.74 Å². The van der Waals surface area contributed by atoms with Gasteiger partial charge in [0.2, 0.25) is 0 Å². The largest absolute Gasteiger partial charge is 0.573 e. The summed E-state index contributed by atoms with van der Waals surface area (Å²) in [6.07, 6.45) is -5.17. The topological polar surface area (TPSA) is 62.3 Å². The van der Waals surface area contributed by atoms with Gasteiger partial charge in [-0.05, 0) is 62.4 Å². The van der Waals surface area contributed by atoms with Crippen molar-refractivity contribution in [2.45, 2.75) is 46.2 Å². The summed E-state index contributed by atoms with van der Waals surface area (Å²) < 4.78 is 65.8. The Morgan fingerprint density at radius 1 is 1.03 bits per heavy atom. The second-order valence-corrected chi connectivity index (χ2v) is 12.3. The van der Waals surface area contributed by atoms with Crippen LogP contribution in [0.5, 0.6) is 5.75 Å². The van der Waals surface area contributed by atoms with Gasteiger partial charge in [-0.25, -0.2) is 13.3 Å². The number of halogens is 3. The van der Waals surface area contributed by atoms with Gasteiger partial charge in [0.05, 0.1) is 6.54 Å². The molecule has 1 fully saturated rings. The summed E-state index contributed by atoms with van der Waals surface area (Å²) in [4.78, 5) is 14.1. The maximum absolute atomic E-state index is 14.0. The summed E-state index contributed by atoms with van der Waals surface area (Å²) in [7, 11) is 0. The number of rotatable bonds is 6. The third kappa shape index (κ3) is 8.03. The smallest absolute Gasteiger partial charge is 0.444 e. The van der Waals surface area contributed by atoms with E-state index in [1.807, 2.05) is 52.0 Å². The van der Waals surface area contributed by atoms with E-state index < -0.39 is 29.2 Å². The minimum atomic E-state index is -4.77. The fourth-order valence-electron chi connectivity index (χ4n) is 4.05. The molecule has 1 amide bonds. The first-order valence-electron chi connectivity index (χ1n) is 12.1. The molecule has 4 rings (SSSR count). The average molecular weight is 604 g/mol. The summed E-state index contributed by atoms with van der Waals surface area (Å²) in [5.41, 5.74) is 1.05. The SMILES string of the molecule is Cc1c(N(Cc2ccc(OC(F)(F)F)cc2)S(=O)N2CCN(C(=O)OC(C)(C)C)CC2)sc2ccccc12.S. The first-order valence-corrected chi connectivity index (χ1v) is 13.9. The summed E-state index contributed by atoms with van der Waals surface area (Å²) in [5, 5.41) is 1.87. The lowest BCUT2D eigenvalue weighted by Crippen LogP contribution is -2.52. The van der Waals surface area contributed by atoms with Crippen molar-refractivity contribution in [2.24, 2.45) is 0 Å². The fourth-order valence-corrected chi connectivity index (χ4v) is 6.76. The van der Waals surface area contributed by atoms with E-state index in [2.05, 4.69) is 4.74 Å². The van der Waals surface area contributed by atoms with E-state index in [0.29, 0.717) is 31.7 Å². The molecule has 3 aromatic rings. The first kappa shape index (κ1) is 31.1. The molecule has 2 aromatic carbocycles. The monoisotopic (exact) mass is 603 g/mol. The lowest BCUT2D eigenvalue weighted by Gasteiger charge is -2.37. The van der Waals surface area contributed by atoms with Crippen molar-refractivity contribution in [1.82, 2.24) is 9.21 Å². The Hall–Kier alpha value is -2.48. The number of alkyl halides is 3. The van der Waals surface area contributed by atoms with Crippen LogP contribution in [0.1, 0.15) is 31.9 Å². The number of fused-ring (bicyclic) bond motifs is 1. The van der Waals surface area contributed by atoms with Gasteiger partial charge in [-0.15, -0.1) is 24.5 Å². The van der Waals surface area contributed by atoms with Crippen LogP contribution in [0.2, 0.25) is 0 Å². The molecule has 1 atom stereocenters. The van der Waals surface area contributed by atoms with E-state index in [1.54, 1.807) is 13.5 Å². The Bertz CT molecular complexity index is 1300. The number of benzene rings is 2. The van der Waals surface area contributed by atoms with Crippen molar-refractivity contribution < 1.29 is 31.6 Å². The molecule has 13 heteroatoms. The Morgan fingerprint density at radius 2 is 1.64 bits per heavy atom. The second-order valence-electron chi connectivity index (χ2n) is 9.88. The van der Waals surface area contributed by atoms with Crippen LogP contribution in [0.25, 0.3) is 10.1 Å². The molecular weight excluding hydrogens is 571 g/mol. The van der Waals surface area contributed by atoms with E-state index in [1.165, 1.54) is 35.6 Å². The zero-order chi connectivity index (χ0) is 27.7. The highest BCUT2D eigenvalue weighted by molar-refractivity contribution is 7.84. The lowest BCUT2D eigenvalue weighted by molar-refractivity contribution is -0.274. The highest BCUT2D eigenvalue weighted by atomic mass is 32.2. The standard InChI is InChI=1S/C26H30F3N3O4S2.H2S/c1-18-21-7-5-6-8-22(21)37-23(18)32(17-19-9-11-20(12-10-19)35-26(27,28)29)38(34)31-15-13-30(14-16-31)24(33)36-25(2,3)4;/h5-12H,13-17H2,1-4H3;1H2. The third-order valence-corrected chi connectivity index (χ3v) is 8.73. The van der Waals surface area contributed by atoms with E-state index in [9.17, 15) is 22.2 Å². The Kier molecular flexibility index (Phi) is 9.84. The number of aryl methyl sites for hydroxylation is 1. The number of hydrogen-bond acceptors (Lipinski definition) is 5. The lowest BCUT2D eigenvalue weighted by atomic mass is 10.2. The zero-order valence-corrected chi connectivity index (χ0v) is 24.7. The summed E-state index contributed by atoms with van der Waals surface area (Å²) >= 11 is -0.0994. The minimum Gasteiger partial charge on any atom is -0.444 e. The van der Waals surface area contributed by atoms with Gasteiger partial charge >= 0.3 is 12.5 Å². The number of hydrogen-bond donors (Lipinski definition) is 0. The van der Waals surface area contributed by atoms with Crippen LogP contribution in [0.3, 0.4) is 0 Å². The van der Waals surface area contributed by atoms with Crippen LogP contribution >= 0.6 is 24.8 Å². The van der Waals surface area contributed by atoms with Gasteiger partial charge in [0.15, 0.2) is 11.2 Å². The van der Waals surface area contributed by atoms with Crippen LogP contribution in [-0.4, -0.2) is 57.6 Å². The molecule has 0 radical (unpaired) electrons. The molecule has 0 N–H and O–H groups in total. The Labute approximate surface area is 239 Å². The van der Waals surface area contributed by atoms with Crippen molar-refractivity contribution in [3.8, 4) is 5.75 Å². The van der Waals surface area contributed by atoms with Gasteiger partial charge in [-0.1, -0.05) is 30.3 Å². The van der Waals surface area contributed by atoms with Gasteiger partial charge < -0.3 is 14.4 Å². The third-order valence-electron chi connectivity index (χ3n) is 5.83. The van der Waals surface area contributed by atoms with Crippen LogP contribution in [0.15, 0.2) is 48.5 Å². The minimum absolute atomic E-state index is 0. The number of piperazine rings is 1. The van der Waals surface area contributed by atoms with Crippen molar-refractivity contribution in [3.63, 3.8) is 0 Å². The van der Waals surface area contributed by atoms with E-state index in [-0.39, 0.29) is 25.8 Å². The predicted octanol–water partition coefficient (Wildman–Crippen LogP) is 6.36. The number of carbonyl (C=O) groups excluding carboxylic acids is 1. The molecule has 1 saturated heterocycles. The highest BCUT2D eigenvalue weighted by Crippen LogP contribution is 2.39. The number of nitrogens with zero attached hydrogens (tertiary/aromatic N) is 3. The quantitative estimate of drug-likeness (QED) is 0.329. The van der Waals surface area contributed by atoms with Crippen LogP contribution < -0.4 is 9.04 Å². The molecule has 0 bridgehead atoms. The summed E-state index contributed by atoms with van der Waals surface area (Å²) in [5.74, 6) is -0.315. The molecule has 39 heavy (non-hydrogen) atoms. The van der Waals surface area contributed by atoms with Crippen molar-refractivity contribution >= 4 is 57.2 Å². The van der Waals surface area contributed by atoms with E-state index >= 15 is 0 Å². The van der Waals surface area contributed by atoms with Crippen LogP contribution in [-0.2, 0) is 22.5 Å². The van der Waals surface area contributed by atoms with Crippen molar-refractivity contribution in [1.29, 1.82) is 0 Å². The molecule has 1 unspecified atom stereocenters. The van der Waals surface area contributed by atoms with E-state index in [0.717, 1.165) is 20.7 Å². The average Bonchev–Trinajstić information content (AvgIpc) is 3.17. The number of carbonyl (C=O) groups is 1. The normalized spacial score (nSPS) is 15.5. The van der Waals surface area contributed by atoms with Gasteiger partial charge in [-0.2, -0.15) is 13.5 Å². The first-order chi connectivity index (χ1) is 17.8. The molecule has 1 aromatic heterocycles. The number of ether oxygens (including phenoxy) is 2. The van der Waals surface area contributed by atoms with Gasteiger partial charge in [0.1, 0.15) is 16.4 Å². The molecule has 7 nitrogen and oxygen atoms in total. The predicted molar refractivity (Wildman–Crippen MR) is 154 cm³/mol. The molecule has 214 valence electrons. The molecule has 1 aliphatic heterocycles. The molecular formula is C26H32F3N3O4S3. The van der Waals surface area contributed by atoms with Crippen molar-refractivity contribution in [3.05, 3.63) is 59.7 Å². The van der Waals surface area contributed by atoms with Gasteiger partial charge in [-0.3, -0.25) is 4.31 Å². The molecule has 2 heterocycles. The van der Waals surface area contributed by atoms with Gasteiger partial charge in [0, 0.05) is 30.9 Å². The molecule has 1 aliphatic rings.